The zero-order valence-electron chi connectivity index (χ0n) is 22.9. The molecular weight excluding hydrogens is 480 g/mol. The molecule has 3 aromatic carbocycles. The summed E-state index contributed by atoms with van der Waals surface area (Å²) in [4.78, 5) is 0. The second-order valence-corrected chi connectivity index (χ2v) is 15.1. The van der Waals surface area contributed by atoms with Gasteiger partial charge in [-0.2, -0.15) is 0 Å². The summed E-state index contributed by atoms with van der Waals surface area (Å²) in [7, 11) is 2.21. The molecule has 4 rings (SSSR count). The fourth-order valence-electron chi connectivity index (χ4n) is 5.85. The maximum Gasteiger partial charge on any atom is 0.261 e. The van der Waals surface area contributed by atoms with Crippen LogP contribution in [0, 0.1) is 5.92 Å². The van der Waals surface area contributed by atoms with E-state index in [1.807, 2.05) is 6.07 Å². The van der Waals surface area contributed by atoms with Gasteiger partial charge in [0.15, 0.2) is 11.5 Å². The van der Waals surface area contributed by atoms with E-state index in [4.69, 9.17) is 18.6 Å². The molecule has 0 heterocycles. The molecule has 0 spiro atoms. The summed E-state index contributed by atoms with van der Waals surface area (Å²) < 4.78 is 24.1. The molecule has 0 saturated heterocycles. The molecule has 2 atom stereocenters. The number of benzene rings is 3. The Hall–Kier alpha value is -2.80. The van der Waals surface area contributed by atoms with Gasteiger partial charge in [-0.25, -0.2) is 0 Å². The number of rotatable bonds is 8. The summed E-state index contributed by atoms with van der Waals surface area (Å²) in [5.74, 6) is 1.97. The lowest BCUT2D eigenvalue weighted by molar-refractivity contribution is 0.121. The van der Waals surface area contributed by atoms with Crippen LogP contribution in [0.15, 0.2) is 66.7 Å². The molecule has 0 bridgehead atoms. The summed E-state index contributed by atoms with van der Waals surface area (Å²) in [6.07, 6.45) is 1.63. The monoisotopic (exact) mass is 520 g/mol. The lowest BCUT2D eigenvalue weighted by atomic mass is 9.98. The van der Waals surface area contributed by atoms with E-state index in [-0.39, 0.29) is 11.0 Å². The van der Waals surface area contributed by atoms with Crippen molar-refractivity contribution < 1.29 is 23.7 Å². The van der Waals surface area contributed by atoms with Crippen LogP contribution in [-0.2, 0) is 10.8 Å². The molecule has 5 nitrogen and oxygen atoms in total. The van der Waals surface area contributed by atoms with Gasteiger partial charge in [0.2, 0.25) is 5.75 Å². The standard InChI is InChI=1S/C31H40O5Si/c1-31(2,3)37(23-13-9-7-10-14-23,24-15-11-8-12-16-24)36-21-22-17-18-25-26(27(32)19-22)20-28(33-4)30(35-6)29(25)34-5/h7-16,20,22,27,32H,17-19,21H2,1-6H3/t22-,27?/m1/s1. The molecule has 6 heteroatoms. The fourth-order valence-corrected chi connectivity index (χ4v) is 10.5. The van der Waals surface area contributed by atoms with Crippen LogP contribution in [-0.4, -0.2) is 41.4 Å². The average molecular weight is 521 g/mol. The Balaban J connectivity index is 1.68. The van der Waals surface area contributed by atoms with Gasteiger partial charge < -0.3 is 23.7 Å². The van der Waals surface area contributed by atoms with Crippen LogP contribution in [0.2, 0.25) is 5.04 Å². The smallest absolute Gasteiger partial charge is 0.261 e. The molecule has 0 aliphatic heterocycles. The normalized spacial score (nSPS) is 18.0. The predicted molar refractivity (Wildman–Crippen MR) is 151 cm³/mol. The number of ether oxygens (including phenoxy) is 3. The van der Waals surface area contributed by atoms with Gasteiger partial charge in [0.05, 0.1) is 27.4 Å². The first-order valence-electron chi connectivity index (χ1n) is 13.0. The second kappa shape index (κ2) is 11.3. The molecule has 3 aromatic rings. The molecule has 1 aliphatic carbocycles. The Morgan fingerprint density at radius 3 is 1.89 bits per heavy atom. The summed E-state index contributed by atoms with van der Waals surface area (Å²) in [6.45, 7) is 7.45. The van der Waals surface area contributed by atoms with Crippen molar-refractivity contribution in [3.05, 3.63) is 77.9 Å². The number of methoxy groups -OCH3 is 3. The first kappa shape index (κ1) is 27.2. The minimum absolute atomic E-state index is 0.0913. The van der Waals surface area contributed by atoms with Crippen molar-refractivity contribution in [3.8, 4) is 17.2 Å². The van der Waals surface area contributed by atoms with E-state index in [0.29, 0.717) is 30.3 Å². The second-order valence-electron chi connectivity index (χ2n) is 10.8. The first-order chi connectivity index (χ1) is 17.8. The highest BCUT2D eigenvalue weighted by Gasteiger charge is 2.50. The summed E-state index contributed by atoms with van der Waals surface area (Å²) in [6, 6.07) is 23.3. The number of hydrogen-bond donors (Lipinski definition) is 1. The van der Waals surface area contributed by atoms with Crippen molar-refractivity contribution in [1.82, 2.24) is 0 Å². The molecule has 1 N–H and O–H groups in total. The molecule has 1 unspecified atom stereocenters. The molecule has 0 saturated carbocycles. The third-order valence-electron chi connectivity index (χ3n) is 7.64. The highest BCUT2D eigenvalue weighted by atomic mass is 28.4. The van der Waals surface area contributed by atoms with Crippen molar-refractivity contribution >= 4 is 18.7 Å². The van der Waals surface area contributed by atoms with Gasteiger partial charge in [-0.15, -0.1) is 0 Å². The Kier molecular flexibility index (Phi) is 8.31. The van der Waals surface area contributed by atoms with Crippen LogP contribution in [0.25, 0.3) is 0 Å². The predicted octanol–water partition coefficient (Wildman–Crippen LogP) is 5.27. The van der Waals surface area contributed by atoms with Crippen LogP contribution in [0.1, 0.15) is 50.8 Å². The molecule has 198 valence electrons. The van der Waals surface area contributed by atoms with Crippen LogP contribution < -0.4 is 24.6 Å². The Morgan fingerprint density at radius 2 is 1.41 bits per heavy atom. The average Bonchev–Trinajstić information content (AvgIpc) is 3.06. The maximum atomic E-state index is 11.3. The molecule has 0 fully saturated rings. The summed E-state index contributed by atoms with van der Waals surface area (Å²) in [5, 5.41) is 13.8. The first-order valence-corrected chi connectivity index (χ1v) is 14.9. The summed E-state index contributed by atoms with van der Waals surface area (Å²) >= 11 is 0. The van der Waals surface area contributed by atoms with Crippen molar-refractivity contribution in [1.29, 1.82) is 0 Å². The summed E-state index contributed by atoms with van der Waals surface area (Å²) in [5.41, 5.74) is 1.84. The van der Waals surface area contributed by atoms with Gasteiger partial charge in [-0.1, -0.05) is 81.4 Å². The minimum atomic E-state index is -2.65. The quantitative estimate of drug-likeness (QED) is 0.324. The van der Waals surface area contributed by atoms with Crippen molar-refractivity contribution in [3.63, 3.8) is 0 Å². The molecular formula is C31H40O5Si. The Bertz CT molecular complexity index is 1130. The molecule has 0 aromatic heterocycles. The van der Waals surface area contributed by atoms with Crippen molar-refractivity contribution in [2.75, 3.05) is 27.9 Å². The fraction of sp³-hybridized carbons (Fsp3) is 0.419. The minimum Gasteiger partial charge on any atom is -0.493 e. The highest BCUT2D eigenvalue weighted by molar-refractivity contribution is 6.99. The van der Waals surface area contributed by atoms with Crippen LogP contribution in [0.5, 0.6) is 17.2 Å². The van der Waals surface area contributed by atoms with Gasteiger partial charge >= 0.3 is 0 Å². The van der Waals surface area contributed by atoms with Crippen LogP contribution in [0.4, 0.5) is 0 Å². The van der Waals surface area contributed by atoms with E-state index in [9.17, 15) is 5.11 Å². The van der Waals surface area contributed by atoms with E-state index in [2.05, 4.69) is 81.4 Å². The van der Waals surface area contributed by atoms with Crippen LogP contribution >= 0.6 is 0 Å². The largest absolute Gasteiger partial charge is 0.493 e. The number of aliphatic hydroxyl groups excluding tert-OH is 1. The van der Waals surface area contributed by atoms with Gasteiger partial charge in [0.1, 0.15) is 0 Å². The Morgan fingerprint density at radius 1 is 0.838 bits per heavy atom. The van der Waals surface area contributed by atoms with Crippen molar-refractivity contribution in [2.45, 2.75) is 51.2 Å². The molecule has 1 aliphatic rings. The lowest BCUT2D eigenvalue weighted by Crippen LogP contribution is -2.66. The van der Waals surface area contributed by atoms with Gasteiger partial charge in [-0.05, 0) is 52.2 Å². The maximum absolute atomic E-state index is 11.3. The van der Waals surface area contributed by atoms with E-state index in [1.165, 1.54) is 10.4 Å². The highest BCUT2D eigenvalue weighted by Crippen LogP contribution is 2.47. The number of fused-ring (bicyclic) bond motifs is 1. The number of aliphatic hydroxyl groups is 1. The third kappa shape index (κ3) is 5.15. The number of hydrogen-bond acceptors (Lipinski definition) is 5. The molecule has 37 heavy (non-hydrogen) atoms. The van der Waals surface area contributed by atoms with Gasteiger partial charge in [-0.3, -0.25) is 0 Å². The van der Waals surface area contributed by atoms with Gasteiger partial charge in [0.25, 0.3) is 8.32 Å². The zero-order chi connectivity index (χ0) is 26.6. The lowest BCUT2D eigenvalue weighted by Gasteiger charge is -2.43. The topological polar surface area (TPSA) is 57.2 Å². The Labute approximate surface area is 222 Å². The van der Waals surface area contributed by atoms with E-state index in [1.54, 1.807) is 21.3 Å². The molecule has 0 amide bonds. The van der Waals surface area contributed by atoms with Crippen molar-refractivity contribution in [2.24, 2.45) is 5.92 Å². The zero-order valence-corrected chi connectivity index (χ0v) is 23.9. The van der Waals surface area contributed by atoms with E-state index >= 15 is 0 Å². The SMILES string of the molecule is COc1cc2c(c(OC)c1OC)CC[C@@H](CO[Si](c1ccccc1)(c1ccccc1)C(C)(C)C)CC2O. The third-order valence-corrected chi connectivity index (χ3v) is 12.6. The van der Waals surface area contributed by atoms with Gasteiger partial charge in [0, 0.05) is 12.2 Å². The van der Waals surface area contributed by atoms with Crippen LogP contribution in [0.3, 0.4) is 0 Å². The van der Waals surface area contributed by atoms with E-state index in [0.717, 1.165) is 24.0 Å². The van der Waals surface area contributed by atoms with E-state index < -0.39 is 14.4 Å². The molecule has 0 radical (unpaired) electrons.